The van der Waals surface area contributed by atoms with Crippen LogP contribution >= 0.6 is 11.6 Å². The maximum Gasteiger partial charge on any atom is 0.140 e. The zero-order chi connectivity index (χ0) is 21.3. The topological polar surface area (TPSA) is 22.1 Å². The molecular weight excluding hydrogens is 402 g/mol. The number of benzene rings is 4. The zero-order valence-corrected chi connectivity index (χ0v) is 18.5. The fraction of sp³-hybridized carbons (Fsp3) is 0.179. The molecule has 0 fully saturated rings. The number of halogens is 1. The number of fused-ring (bicyclic) bond motifs is 5. The first-order valence-corrected chi connectivity index (χ1v) is 11.0. The molecular formula is C28H22ClNO. The van der Waals surface area contributed by atoms with E-state index in [-0.39, 0.29) is 5.41 Å². The maximum atomic E-state index is 6.70. The van der Waals surface area contributed by atoms with Crippen molar-refractivity contribution in [1.29, 1.82) is 0 Å². The van der Waals surface area contributed by atoms with Gasteiger partial charge in [0.1, 0.15) is 11.5 Å². The second-order valence-corrected chi connectivity index (χ2v) is 9.99. The van der Waals surface area contributed by atoms with Gasteiger partial charge in [-0.05, 0) is 57.6 Å². The van der Waals surface area contributed by atoms with Gasteiger partial charge in [-0.2, -0.15) is 0 Å². The molecule has 1 aliphatic heterocycles. The third kappa shape index (κ3) is 2.82. The minimum atomic E-state index is 0.119. The first-order chi connectivity index (χ1) is 14.9. The molecule has 1 aromatic heterocycles. The summed E-state index contributed by atoms with van der Waals surface area (Å²) in [5.74, 6) is 1.75. The Hall–Kier alpha value is -3.10. The second kappa shape index (κ2) is 6.45. The lowest BCUT2D eigenvalue weighted by molar-refractivity contribution is 0.400. The van der Waals surface area contributed by atoms with Crippen LogP contribution in [0.5, 0.6) is 11.5 Å². The third-order valence-corrected chi connectivity index (χ3v) is 6.42. The number of ether oxygens (including phenoxy) is 1. The molecule has 0 radical (unpaired) electrons. The smallest absolute Gasteiger partial charge is 0.140 e. The van der Waals surface area contributed by atoms with E-state index in [1.165, 1.54) is 16.3 Å². The summed E-state index contributed by atoms with van der Waals surface area (Å²) in [4.78, 5) is 4.84. The Labute approximate surface area is 186 Å². The van der Waals surface area contributed by atoms with E-state index in [2.05, 4.69) is 69.3 Å². The Balaban J connectivity index is 1.76. The van der Waals surface area contributed by atoms with Crippen molar-refractivity contribution in [2.45, 2.75) is 27.2 Å². The quantitative estimate of drug-likeness (QED) is 0.247. The highest BCUT2D eigenvalue weighted by Crippen LogP contribution is 2.51. The Morgan fingerprint density at radius 2 is 1.68 bits per heavy atom. The zero-order valence-electron chi connectivity index (χ0n) is 17.8. The lowest BCUT2D eigenvalue weighted by atomic mass is 9.83. The lowest BCUT2D eigenvalue weighted by Gasteiger charge is -2.27. The van der Waals surface area contributed by atoms with Crippen molar-refractivity contribution in [3.8, 4) is 22.8 Å². The molecule has 2 nitrogen and oxygen atoms in total. The number of pyridine rings is 1. The van der Waals surface area contributed by atoms with Gasteiger partial charge in [0.25, 0.3) is 0 Å². The molecule has 31 heavy (non-hydrogen) atoms. The molecule has 0 atom stereocenters. The summed E-state index contributed by atoms with van der Waals surface area (Å²) in [6.07, 6.45) is 2.81. The van der Waals surface area contributed by atoms with Crippen LogP contribution in [0.1, 0.15) is 26.3 Å². The van der Waals surface area contributed by atoms with Crippen LogP contribution in [0.15, 0.2) is 66.9 Å². The predicted octanol–water partition coefficient (Wildman–Crippen LogP) is 8.56. The van der Waals surface area contributed by atoms with Gasteiger partial charge in [0.05, 0.1) is 11.1 Å². The molecule has 0 saturated heterocycles. The Morgan fingerprint density at radius 1 is 0.871 bits per heavy atom. The Bertz CT molecular complexity index is 1530. The van der Waals surface area contributed by atoms with E-state index in [1.54, 1.807) is 0 Å². The summed E-state index contributed by atoms with van der Waals surface area (Å²) in [5.41, 5.74) is 3.41. The minimum absolute atomic E-state index is 0.119. The van der Waals surface area contributed by atoms with Crippen LogP contribution in [0.4, 0.5) is 0 Å². The van der Waals surface area contributed by atoms with E-state index in [0.717, 1.165) is 55.7 Å². The van der Waals surface area contributed by atoms with Gasteiger partial charge in [-0.25, -0.2) is 0 Å². The maximum absolute atomic E-state index is 6.70. The van der Waals surface area contributed by atoms with E-state index < -0.39 is 0 Å². The molecule has 1 aliphatic rings. The molecule has 0 N–H and O–H groups in total. The van der Waals surface area contributed by atoms with Gasteiger partial charge in [-0.15, -0.1) is 0 Å². The predicted molar refractivity (Wildman–Crippen MR) is 130 cm³/mol. The molecule has 152 valence electrons. The second-order valence-electron chi connectivity index (χ2n) is 9.58. The van der Waals surface area contributed by atoms with Gasteiger partial charge in [0, 0.05) is 27.7 Å². The average molecular weight is 424 g/mol. The van der Waals surface area contributed by atoms with Gasteiger partial charge in [-0.1, -0.05) is 68.8 Å². The molecule has 0 spiro atoms. The minimum Gasteiger partial charge on any atom is -0.456 e. The molecule has 0 amide bonds. The fourth-order valence-electron chi connectivity index (χ4n) is 4.85. The third-order valence-electron chi connectivity index (χ3n) is 6.09. The van der Waals surface area contributed by atoms with Crippen LogP contribution in [-0.2, 0) is 6.42 Å². The van der Waals surface area contributed by atoms with E-state index >= 15 is 0 Å². The van der Waals surface area contributed by atoms with Crippen molar-refractivity contribution >= 4 is 43.9 Å². The van der Waals surface area contributed by atoms with Crippen molar-refractivity contribution in [2.24, 2.45) is 5.41 Å². The Kier molecular flexibility index (Phi) is 3.88. The normalized spacial score (nSPS) is 12.9. The monoisotopic (exact) mass is 423 g/mol. The standard InChI is InChI=1S/C28H22ClNO/c1-28(2,3)15-22-17-8-5-4-7-16(17)13-21-26-25-19(11-12-30-26)18-9-6-10-23(29)20(18)14-24(25)31-27(21)22/h4-14H,15H2,1-3H3. The number of aromatic nitrogens is 1. The highest BCUT2D eigenvalue weighted by atomic mass is 35.5. The molecule has 4 aromatic carbocycles. The van der Waals surface area contributed by atoms with Gasteiger partial charge < -0.3 is 4.74 Å². The number of rotatable bonds is 1. The summed E-state index contributed by atoms with van der Waals surface area (Å²) in [6.45, 7) is 6.80. The van der Waals surface area contributed by atoms with Crippen molar-refractivity contribution in [3.63, 3.8) is 0 Å². The first kappa shape index (κ1) is 18.7. The first-order valence-electron chi connectivity index (χ1n) is 10.6. The van der Waals surface area contributed by atoms with Gasteiger partial charge >= 0.3 is 0 Å². The average Bonchev–Trinajstić information content (AvgIpc) is 2.74. The fourth-order valence-corrected chi connectivity index (χ4v) is 5.08. The molecule has 5 aromatic rings. The summed E-state index contributed by atoms with van der Waals surface area (Å²) < 4.78 is 6.70. The SMILES string of the molecule is CC(C)(C)Cc1c2c(cc3ccccc13)-c1nccc3c1c(cc1c(Cl)cccc13)O2. The summed E-state index contributed by atoms with van der Waals surface area (Å²) in [5, 5.41) is 7.50. The van der Waals surface area contributed by atoms with E-state index in [0.29, 0.717) is 0 Å². The molecule has 3 heteroatoms. The van der Waals surface area contributed by atoms with E-state index in [1.807, 2.05) is 18.3 Å². The van der Waals surface area contributed by atoms with Crippen LogP contribution in [0.25, 0.3) is 43.6 Å². The van der Waals surface area contributed by atoms with Crippen LogP contribution in [-0.4, -0.2) is 4.98 Å². The van der Waals surface area contributed by atoms with Crippen molar-refractivity contribution < 1.29 is 4.74 Å². The summed E-state index contributed by atoms with van der Waals surface area (Å²) in [6, 6.07) is 21.0. The van der Waals surface area contributed by atoms with Crippen molar-refractivity contribution in [3.05, 3.63) is 77.4 Å². The van der Waals surface area contributed by atoms with E-state index in [9.17, 15) is 0 Å². The molecule has 0 unspecified atom stereocenters. The number of nitrogens with zero attached hydrogens (tertiary/aromatic N) is 1. The molecule has 6 rings (SSSR count). The molecule has 0 aliphatic carbocycles. The van der Waals surface area contributed by atoms with E-state index in [4.69, 9.17) is 21.3 Å². The van der Waals surface area contributed by atoms with Crippen LogP contribution in [0, 0.1) is 5.41 Å². The molecule has 2 heterocycles. The van der Waals surface area contributed by atoms with Crippen LogP contribution in [0.3, 0.4) is 0 Å². The highest BCUT2D eigenvalue weighted by Gasteiger charge is 2.28. The van der Waals surface area contributed by atoms with Gasteiger partial charge in [-0.3, -0.25) is 4.98 Å². The lowest BCUT2D eigenvalue weighted by Crippen LogP contribution is -2.12. The summed E-state index contributed by atoms with van der Waals surface area (Å²) >= 11 is 6.57. The highest BCUT2D eigenvalue weighted by molar-refractivity contribution is 6.37. The van der Waals surface area contributed by atoms with Crippen molar-refractivity contribution in [1.82, 2.24) is 4.98 Å². The molecule has 0 bridgehead atoms. The number of hydrogen-bond acceptors (Lipinski definition) is 2. The Morgan fingerprint density at radius 3 is 2.52 bits per heavy atom. The van der Waals surface area contributed by atoms with Crippen molar-refractivity contribution in [2.75, 3.05) is 0 Å². The number of hydrogen-bond donors (Lipinski definition) is 0. The van der Waals surface area contributed by atoms with Gasteiger partial charge in [0.2, 0.25) is 0 Å². The van der Waals surface area contributed by atoms with Crippen LogP contribution in [0.2, 0.25) is 5.02 Å². The largest absolute Gasteiger partial charge is 0.456 e. The van der Waals surface area contributed by atoms with Gasteiger partial charge in [0.15, 0.2) is 0 Å². The summed E-state index contributed by atoms with van der Waals surface area (Å²) in [7, 11) is 0. The molecule has 0 saturated carbocycles. The van der Waals surface area contributed by atoms with Crippen LogP contribution < -0.4 is 4.74 Å².